The van der Waals surface area contributed by atoms with Crippen LogP contribution in [0.1, 0.15) is 21.7 Å². The fourth-order valence-corrected chi connectivity index (χ4v) is 2.68. The van der Waals surface area contributed by atoms with Crippen LogP contribution in [0.2, 0.25) is 0 Å². The van der Waals surface area contributed by atoms with Gasteiger partial charge in [-0.15, -0.1) is 0 Å². The predicted molar refractivity (Wildman–Crippen MR) is 87.4 cm³/mol. The molecule has 0 spiro atoms. The van der Waals surface area contributed by atoms with Crippen LogP contribution in [0.3, 0.4) is 0 Å². The molecule has 1 N–H and O–H groups in total. The van der Waals surface area contributed by atoms with Gasteiger partial charge < -0.3 is 19.5 Å². The van der Waals surface area contributed by atoms with Crippen LogP contribution in [0.5, 0.6) is 5.75 Å². The molecular weight excluding hydrogens is 326 g/mol. The van der Waals surface area contributed by atoms with E-state index in [4.69, 9.17) is 9.47 Å². The quantitative estimate of drug-likeness (QED) is 0.880. The molecular formula is C17H21N3O5. The van der Waals surface area contributed by atoms with Crippen molar-refractivity contribution in [3.63, 3.8) is 0 Å². The molecule has 8 nitrogen and oxygen atoms in total. The van der Waals surface area contributed by atoms with Gasteiger partial charge in [0.25, 0.3) is 5.91 Å². The van der Waals surface area contributed by atoms with Crippen LogP contribution in [0, 0.1) is 13.8 Å². The highest BCUT2D eigenvalue weighted by molar-refractivity contribution is 5.93. The van der Waals surface area contributed by atoms with Crippen LogP contribution in [0.25, 0.3) is 0 Å². The molecule has 0 saturated carbocycles. The highest BCUT2D eigenvalue weighted by atomic mass is 16.6. The number of aromatic nitrogens is 2. The fourth-order valence-electron chi connectivity index (χ4n) is 2.68. The molecule has 2 aromatic rings. The SMILES string of the molecule is Cc1ccccc1OCC1(O)COCCN(C(=O)c2nonc2C)C1. The highest BCUT2D eigenvalue weighted by Gasteiger charge is 2.37. The van der Waals surface area contributed by atoms with E-state index >= 15 is 0 Å². The van der Waals surface area contributed by atoms with E-state index in [0.29, 0.717) is 24.6 Å². The Morgan fingerprint density at radius 2 is 2.16 bits per heavy atom. The summed E-state index contributed by atoms with van der Waals surface area (Å²) in [6.45, 7) is 4.41. The molecule has 0 radical (unpaired) electrons. The topological polar surface area (TPSA) is 97.9 Å². The summed E-state index contributed by atoms with van der Waals surface area (Å²) in [7, 11) is 0. The molecule has 1 amide bonds. The smallest absolute Gasteiger partial charge is 0.278 e. The molecule has 1 saturated heterocycles. The number of hydrogen-bond acceptors (Lipinski definition) is 7. The molecule has 8 heteroatoms. The van der Waals surface area contributed by atoms with Crippen LogP contribution in [0.15, 0.2) is 28.9 Å². The number of carbonyl (C=O) groups excluding carboxylic acids is 1. The first-order valence-corrected chi connectivity index (χ1v) is 8.05. The standard InChI is InChI=1S/C17H21N3O5/c1-12-5-3-4-6-14(12)24-11-17(22)9-20(7-8-23-10-17)16(21)15-13(2)18-25-19-15/h3-6,22H,7-11H2,1-2H3. The summed E-state index contributed by atoms with van der Waals surface area (Å²) in [5.41, 5.74) is 0.205. The molecule has 1 aliphatic rings. The minimum atomic E-state index is -1.32. The van der Waals surface area contributed by atoms with Gasteiger partial charge in [0.2, 0.25) is 0 Å². The number of carbonyl (C=O) groups is 1. The number of amides is 1. The van der Waals surface area contributed by atoms with Gasteiger partial charge in [0.05, 0.1) is 19.8 Å². The van der Waals surface area contributed by atoms with E-state index in [1.54, 1.807) is 6.92 Å². The van der Waals surface area contributed by atoms with E-state index in [0.717, 1.165) is 5.56 Å². The van der Waals surface area contributed by atoms with Crippen molar-refractivity contribution in [2.24, 2.45) is 0 Å². The van der Waals surface area contributed by atoms with Gasteiger partial charge in [-0.05, 0) is 30.6 Å². The zero-order valence-corrected chi connectivity index (χ0v) is 14.3. The Kier molecular flexibility index (Phi) is 5.00. The number of aliphatic hydroxyl groups is 1. The molecule has 134 valence electrons. The van der Waals surface area contributed by atoms with Crippen molar-refractivity contribution in [2.45, 2.75) is 19.4 Å². The molecule has 1 atom stereocenters. The third-order valence-electron chi connectivity index (χ3n) is 4.09. The lowest BCUT2D eigenvalue weighted by molar-refractivity contribution is -0.0622. The second-order valence-corrected chi connectivity index (χ2v) is 6.26. The van der Waals surface area contributed by atoms with Crippen molar-refractivity contribution in [3.05, 3.63) is 41.2 Å². The molecule has 3 rings (SSSR count). The minimum Gasteiger partial charge on any atom is -0.490 e. The molecule has 0 bridgehead atoms. The van der Waals surface area contributed by atoms with Gasteiger partial charge in [0.15, 0.2) is 5.69 Å². The van der Waals surface area contributed by atoms with Crippen LogP contribution in [0.4, 0.5) is 0 Å². The van der Waals surface area contributed by atoms with E-state index in [2.05, 4.69) is 14.9 Å². The van der Waals surface area contributed by atoms with Gasteiger partial charge in [0, 0.05) is 6.54 Å². The molecule has 2 heterocycles. The number of rotatable bonds is 4. The number of aryl methyl sites for hydroxylation is 2. The lowest BCUT2D eigenvalue weighted by atomic mass is 10.1. The number of ether oxygens (including phenoxy) is 2. The third-order valence-corrected chi connectivity index (χ3v) is 4.09. The zero-order chi connectivity index (χ0) is 17.9. The Hall–Kier alpha value is -2.45. The Morgan fingerprint density at radius 3 is 2.88 bits per heavy atom. The molecule has 1 aliphatic heterocycles. The molecule has 1 aromatic carbocycles. The van der Waals surface area contributed by atoms with Crippen LogP contribution in [-0.4, -0.2) is 64.7 Å². The van der Waals surface area contributed by atoms with Crippen LogP contribution >= 0.6 is 0 Å². The Balaban J connectivity index is 1.71. The van der Waals surface area contributed by atoms with Crippen molar-refractivity contribution in [1.29, 1.82) is 0 Å². The average Bonchev–Trinajstić information content (AvgIpc) is 2.92. The van der Waals surface area contributed by atoms with Gasteiger partial charge in [0.1, 0.15) is 23.7 Å². The van der Waals surface area contributed by atoms with Gasteiger partial charge in [-0.2, -0.15) is 0 Å². The summed E-state index contributed by atoms with van der Waals surface area (Å²) in [4.78, 5) is 14.1. The number of nitrogens with zero attached hydrogens (tertiary/aromatic N) is 3. The number of para-hydroxylation sites is 1. The summed E-state index contributed by atoms with van der Waals surface area (Å²) < 4.78 is 15.8. The lowest BCUT2D eigenvalue weighted by Crippen LogP contribution is -2.50. The van der Waals surface area contributed by atoms with Crippen molar-refractivity contribution in [3.8, 4) is 5.75 Å². The largest absolute Gasteiger partial charge is 0.490 e. The van der Waals surface area contributed by atoms with Crippen LogP contribution < -0.4 is 4.74 Å². The summed E-state index contributed by atoms with van der Waals surface area (Å²) in [6, 6.07) is 7.55. The Labute approximate surface area is 145 Å². The van der Waals surface area contributed by atoms with Crippen molar-refractivity contribution in [1.82, 2.24) is 15.2 Å². The number of β-amino-alcohol motifs (C(OH)–C–C–N with tert-alkyl or cyclic N) is 1. The van der Waals surface area contributed by atoms with Crippen molar-refractivity contribution < 1.29 is 24.0 Å². The first-order valence-electron chi connectivity index (χ1n) is 8.05. The van der Waals surface area contributed by atoms with Gasteiger partial charge in [-0.25, -0.2) is 4.63 Å². The molecule has 1 unspecified atom stereocenters. The van der Waals surface area contributed by atoms with Crippen molar-refractivity contribution in [2.75, 3.05) is 32.9 Å². The average molecular weight is 347 g/mol. The van der Waals surface area contributed by atoms with E-state index in [1.807, 2.05) is 31.2 Å². The van der Waals surface area contributed by atoms with Gasteiger partial charge in [-0.1, -0.05) is 23.4 Å². The summed E-state index contributed by atoms with van der Waals surface area (Å²) in [5.74, 6) is 0.341. The first kappa shape index (κ1) is 17.4. The van der Waals surface area contributed by atoms with Crippen LogP contribution in [-0.2, 0) is 4.74 Å². The predicted octanol–water partition coefficient (Wildman–Crippen LogP) is 0.969. The second kappa shape index (κ2) is 7.20. The Bertz CT molecular complexity index is 747. The normalized spacial score (nSPS) is 21.0. The monoisotopic (exact) mass is 347 g/mol. The Morgan fingerprint density at radius 1 is 1.36 bits per heavy atom. The summed E-state index contributed by atoms with van der Waals surface area (Å²) >= 11 is 0. The maximum Gasteiger partial charge on any atom is 0.278 e. The number of hydrogen-bond donors (Lipinski definition) is 1. The van der Waals surface area contributed by atoms with E-state index in [9.17, 15) is 9.90 Å². The fraction of sp³-hybridized carbons (Fsp3) is 0.471. The third kappa shape index (κ3) is 3.97. The summed E-state index contributed by atoms with van der Waals surface area (Å²) in [6.07, 6.45) is 0. The molecule has 1 aromatic heterocycles. The molecule has 0 aliphatic carbocycles. The maximum absolute atomic E-state index is 12.6. The highest BCUT2D eigenvalue weighted by Crippen LogP contribution is 2.21. The van der Waals surface area contributed by atoms with Gasteiger partial charge >= 0.3 is 0 Å². The lowest BCUT2D eigenvalue weighted by Gasteiger charge is -2.30. The summed E-state index contributed by atoms with van der Waals surface area (Å²) in [5, 5.41) is 18.2. The van der Waals surface area contributed by atoms with E-state index in [1.165, 1.54) is 4.90 Å². The van der Waals surface area contributed by atoms with E-state index < -0.39 is 5.60 Å². The number of benzene rings is 1. The maximum atomic E-state index is 12.6. The zero-order valence-electron chi connectivity index (χ0n) is 14.3. The molecule has 25 heavy (non-hydrogen) atoms. The minimum absolute atomic E-state index is 0.0116. The second-order valence-electron chi connectivity index (χ2n) is 6.26. The van der Waals surface area contributed by atoms with E-state index in [-0.39, 0.29) is 31.4 Å². The van der Waals surface area contributed by atoms with Gasteiger partial charge in [-0.3, -0.25) is 4.79 Å². The first-order chi connectivity index (χ1) is 12.0. The van der Waals surface area contributed by atoms with Crippen molar-refractivity contribution >= 4 is 5.91 Å². The molecule has 1 fully saturated rings.